The van der Waals surface area contributed by atoms with Crippen molar-refractivity contribution in [1.82, 2.24) is 9.80 Å². The Kier molecular flexibility index (Phi) is 6.58. The predicted octanol–water partition coefficient (Wildman–Crippen LogP) is 5.06. The minimum atomic E-state index is -0.291. The van der Waals surface area contributed by atoms with E-state index in [1.807, 2.05) is 29.2 Å². The molecule has 0 unspecified atom stereocenters. The van der Waals surface area contributed by atoms with E-state index in [-0.39, 0.29) is 17.8 Å². The first-order chi connectivity index (χ1) is 16.2. The normalized spacial score (nSPS) is 18.5. The van der Waals surface area contributed by atoms with Crippen molar-refractivity contribution in [3.05, 3.63) is 78.1 Å². The van der Waals surface area contributed by atoms with Gasteiger partial charge in [-0.1, -0.05) is 54.6 Å². The molecule has 33 heavy (non-hydrogen) atoms. The summed E-state index contributed by atoms with van der Waals surface area (Å²) in [5.41, 5.74) is 1.11. The lowest BCUT2D eigenvalue weighted by molar-refractivity contribution is -0.132. The van der Waals surface area contributed by atoms with E-state index in [2.05, 4.69) is 29.2 Å². The Morgan fingerprint density at radius 3 is 2.33 bits per heavy atom. The maximum Gasteiger partial charge on any atom is 0.227 e. The molecule has 3 aromatic rings. The van der Waals surface area contributed by atoms with Crippen LogP contribution >= 0.6 is 0 Å². The van der Waals surface area contributed by atoms with Crippen LogP contribution in [0.2, 0.25) is 0 Å². The Balaban J connectivity index is 1.10. The number of ether oxygens (including phenoxy) is 1. The summed E-state index contributed by atoms with van der Waals surface area (Å²) >= 11 is 0. The number of para-hydroxylation sites is 1. The van der Waals surface area contributed by atoms with E-state index in [0.717, 1.165) is 57.4 Å². The van der Waals surface area contributed by atoms with Gasteiger partial charge in [0, 0.05) is 32.2 Å². The zero-order valence-electron chi connectivity index (χ0n) is 19.0. The first-order valence-corrected chi connectivity index (χ1v) is 12.1. The largest absolute Gasteiger partial charge is 0.487 e. The van der Waals surface area contributed by atoms with Crippen molar-refractivity contribution >= 4 is 16.7 Å². The highest BCUT2D eigenvalue weighted by Gasteiger charge is 2.30. The van der Waals surface area contributed by atoms with Crippen LogP contribution in [0, 0.1) is 5.82 Å². The summed E-state index contributed by atoms with van der Waals surface area (Å²) in [6, 6.07) is 21.6. The molecule has 172 valence electrons. The van der Waals surface area contributed by atoms with Gasteiger partial charge in [0.05, 0.1) is 6.42 Å². The molecule has 2 aliphatic heterocycles. The summed E-state index contributed by atoms with van der Waals surface area (Å²) in [5.74, 6) is 0.288. The Bertz CT molecular complexity index is 1100. The maximum atomic E-state index is 13.9. The average molecular weight is 447 g/mol. The topological polar surface area (TPSA) is 32.8 Å². The van der Waals surface area contributed by atoms with Gasteiger partial charge in [-0.3, -0.25) is 9.69 Å². The second kappa shape index (κ2) is 9.92. The number of hydrogen-bond acceptors (Lipinski definition) is 3. The molecule has 0 N–H and O–H groups in total. The number of likely N-dealkylation sites (tertiary alicyclic amines) is 2. The van der Waals surface area contributed by atoms with Crippen molar-refractivity contribution in [2.75, 3.05) is 26.2 Å². The van der Waals surface area contributed by atoms with Crippen molar-refractivity contribution in [3.8, 4) is 5.75 Å². The SMILES string of the molecule is O=C(Cc1cccc2ccccc12)N1CCC(N2CCC(Oc3ccccc3F)CC2)CC1. The highest BCUT2D eigenvalue weighted by molar-refractivity contribution is 5.90. The Labute approximate surface area is 194 Å². The summed E-state index contributed by atoms with van der Waals surface area (Å²) in [5, 5.41) is 2.35. The molecular weight excluding hydrogens is 415 g/mol. The Morgan fingerprint density at radius 2 is 1.55 bits per heavy atom. The van der Waals surface area contributed by atoms with E-state index in [1.165, 1.54) is 16.8 Å². The maximum absolute atomic E-state index is 13.9. The number of amides is 1. The molecule has 0 atom stereocenters. The second-order valence-electron chi connectivity index (χ2n) is 9.21. The fourth-order valence-electron chi connectivity index (χ4n) is 5.28. The monoisotopic (exact) mass is 446 g/mol. The van der Waals surface area contributed by atoms with Gasteiger partial charge < -0.3 is 9.64 Å². The molecule has 0 bridgehead atoms. The van der Waals surface area contributed by atoms with Crippen molar-refractivity contribution in [2.24, 2.45) is 0 Å². The lowest BCUT2D eigenvalue weighted by atomic mass is 9.97. The van der Waals surface area contributed by atoms with E-state index in [0.29, 0.717) is 18.2 Å². The molecule has 5 heteroatoms. The minimum Gasteiger partial charge on any atom is -0.487 e. The minimum absolute atomic E-state index is 0.0699. The van der Waals surface area contributed by atoms with Crippen LogP contribution in [-0.2, 0) is 11.2 Å². The highest BCUT2D eigenvalue weighted by Crippen LogP contribution is 2.26. The Morgan fingerprint density at radius 1 is 0.848 bits per heavy atom. The molecule has 2 fully saturated rings. The van der Waals surface area contributed by atoms with Crippen molar-refractivity contribution in [2.45, 2.75) is 44.2 Å². The third-order valence-corrected chi connectivity index (χ3v) is 7.16. The second-order valence-corrected chi connectivity index (χ2v) is 9.21. The summed E-state index contributed by atoms with van der Waals surface area (Å²) in [6.07, 6.45) is 4.38. The number of benzene rings is 3. The number of piperidine rings is 2. The molecule has 0 aliphatic carbocycles. The number of carbonyl (C=O) groups is 1. The van der Waals surface area contributed by atoms with Gasteiger partial charge in [0.1, 0.15) is 6.10 Å². The smallest absolute Gasteiger partial charge is 0.227 e. The molecule has 0 spiro atoms. The van der Waals surface area contributed by atoms with Crippen molar-refractivity contribution < 1.29 is 13.9 Å². The van der Waals surface area contributed by atoms with E-state index in [9.17, 15) is 9.18 Å². The summed E-state index contributed by atoms with van der Waals surface area (Å²) in [7, 11) is 0. The standard InChI is InChI=1S/C28H31FN2O2/c29-26-10-3-4-11-27(26)33-24-14-18-30(19-15-24)23-12-16-31(17-13-23)28(32)20-22-8-5-7-21-6-1-2-9-25(21)22/h1-11,23-24H,12-20H2. The molecule has 0 radical (unpaired) electrons. The fourth-order valence-corrected chi connectivity index (χ4v) is 5.28. The first-order valence-electron chi connectivity index (χ1n) is 12.1. The van der Waals surface area contributed by atoms with Gasteiger partial charge in [-0.2, -0.15) is 0 Å². The van der Waals surface area contributed by atoms with Crippen LogP contribution < -0.4 is 4.74 Å². The zero-order chi connectivity index (χ0) is 22.6. The molecular formula is C28H31FN2O2. The average Bonchev–Trinajstić information content (AvgIpc) is 2.86. The number of fused-ring (bicyclic) bond motifs is 1. The van der Waals surface area contributed by atoms with Gasteiger partial charge in [0.2, 0.25) is 5.91 Å². The molecule has 0 saturated carbocycles. The van der Waals surface area contributed by atoms with E-state index < -0.39 is 0 Å². The molecule has 0 aromatic heterocycles. The van der Waals surface area contributed by atoms with Gasteiger partial charge in [-0.05, 0) is 54.2 Å². The third-order valence-electron chi connectivity index (χ3n) is 7.16. The summed E-state index contributed by atoms with van der Waals surface area (Å²) < 4.78 is 19.8. The molecule has 2 saturated heterocycles. The number of carbonyl (C=O) groups excluding carboxylic acids is 1. The van der Waals surface area contributed by atoms with Crippen LogP contribution in [0.1, 0.15) is 31.2 Å². The number of hydrogen-bond donors (Lipinski definition) is 0. The van der Waals surface area contributed by atoms with Gasteiger partial charge in [-0.15, -0.1) is 0 Å². The number of halogens is 1. The molecule has 5 rings (SSSR count). The molecule has 1 amide bonds. The van der Waals surface area contributed by atoms with Crippen molar-refractivity contribution in [1.29, 1.82) is 0 Å². The molecule has 3 aromatic carbocycles. The zero-order valence-corrected chi connectivity index (χ0v) is 19.0. The first kappa shape index (κ1) is 21.9. The van der Waals surface area contributed by atoms with Gasteiger partial charge in [0.15, 0.2) is 11.6 Å². The fraction of sp³-hybridized carbons (Fsp3) is 0.393. The lowest BCUT2D eigenvalue weighted by Crippen LogP contribution is -2.50. The van der Waals surface area contributed by atoms with Crippen LogP contribution in [0.3, 0.4) is 0 Å². The van der Waals surface area contributed by atoms with Gasteiger partial charge in [0.25, 0.3) is 0 Å². The van der Waals surface area contributed by atoms with Gasteiger partial charge in [-0.25, -0.2) is 4.39 Å². The summed E-state index contributed by atoms with van der Waals surface area (Å²) in [6.45, 7) is 3.57. The van der Waals surface area contributed by atoms with E-state index >= 15 is 0 Å². The van der Waals surface area contributed by atoms with Crippen LogP contribution in [0.15, 0.2) is 66.7 Å². The highest BCUT2D eigenvalue weighted by atomic mass is 19.1. The van der Waals surface area contributed by atoms with Crippen LogP contribution in [0.25, 0.3) is 10.8 Å². The van der Waals surface area contributed by atoms with Gasteiger partial charge >= 0.3 is 0 Å². The Hall–Kier alpha value is -2.92. The van der Waals surface area contributed by atoms with Crippen LogP contribution in [0.5, 0.6) is 5.75 Å². The lowest BCUT2D eigenvalue weighted by Gasteiger charge is -2.41. The predicted molar refractivity (Wildman–Crippen MR) is 129 cm³/mol. The number of rotatable bonds is 5. The molecule has 4 nitrogen and oxygen atoms in total. The van der Waals surface area contributed by atoms with E-state index in [1.54, 1.807) is 12.1 Å². The van der Waals surface area contributed by atoms with Crippen LogP contribution in [0.4, 0.5) is 4.39 Å². The third kappa shape index (κ3) is 5.03. The quantitative estimate of drug-likeness (QED) is 0.550. The van der Waals surface area contributed by atoms with E-state index in [4.69, 9.17) is 4.74 Å². The van der Waals surface area contributed by atoms with Crippen LogP contribution in [-0.4, -0.2) is 54.0 Å². The van der Waals surface area contributed by atoms with Crippen molar-refractivity contribution in [3.63, 3.8) is 0 Å². The molecule has 2 heterocycles. The summed E-state index contributed by atoms with van der Waals surface area (Å²) in [4.78, 5) is 17.6. The molecule has 2 aliphatic rings. The number of nitrogens with zero attached hydrogens (tertiary/aromatic N) is 2.